The lowest BCUT2D eigenvalue weighted by Gasteiger charge is -2.13. The third-order valence-electron chi connectivity index (χ3n) is 5.31. The predicted molar refractivity (Wildman–Crippen MR) is 146 cm³/mol. The van der Waals surface area contributed by atoms with E-state index in [2.05, 4.69) is 26.5 Å². The van der Waals surface area contributed by atoms with E-state index in [-0.39, 0.29) is 27.7 Å². The van der Waals surface area contributed by atoms with Gasteiger partial charge in [-0.05, 0) is 66.7 Å². The molecule has 1 heterocycles. The summed E-state index contributed by atoms with van der Waals surface area (Å²) in [5.74, 6) is -1.66. The lowest BCUT2D eigenvalue weighted by atomic mass is 10.2. The molecule has 0 radical (unpaired) electrons. The molecule has 1 aromatic heterocycles. The van der Waals surface area contributed by atoms with Crippen molar-refractivity contribution in [1.82, 2.24) is 15.8 Å². The van der Waals surface area contributed by atoms with E-state index in [0.29, 0.717) is 11.4 Å². The number of nitrogens with zero attached hydrogens (tertiary/aromatic N) is 1. The zero-order valence-corrected chi connectivity index (χ0v) is 22.4. The Hall–Kier alpha value is -4.88. The van der Waals surface area contributed by atoms with Gasteiger partial charge in [-0.2, -0.15) is 13.2 Å². The molecule has 15 heteroatoms. The van der Waals surface area contributed by atoms with E-state index in [4.69, 9.17) is 27.9 Å². The molecule has 0 saturated carbocycles. The highest BCUT2D eigenvalue weighted by atomic mass is 35.5. The Kier molecular flexibility index (Phi) is 9.13. The maximum absolute atomic E-state index is 13.2. The van der Waals surface area contributed by atoms with Gasteiger partial charge in [0.15, 0.2) is 0 Å². The first-order valence-corrected chi connectivity index (χ1v) is 12.4. The summed E-state index contributed by atoms with van der Waals surface area (Å²) in [6, 6.07) is 14.0. The van der Waals surface area contributed by atoms with Gasteiger partial charge < -0.3 is 15.4 Å². The van der Waals surface area contributed by atoms with Crippen molar-refractivity contribution in [3.8, 4) is 11.5 Å². The second-order valence-corrected chi connectivity index (χ2v) is 9.12. The SMILES string of the molecule is O=C(Nc1ccc(Oc2ccnc(C(=O)NNC(=O)c3ccc(F)cc3Cl)c2)cc1)Nc1ccc(Cl)c(C(F)(F)F)c1. The van der Waals surface area contributed by atoms with Gasteiger partial charge in [-0.1, -0.05) is 23.2 Å². The van der Waals surface area contributed by atoms with Crippen molar-refractivity contribution in [2.75, 3.05) is 10.6 Å². The van der Waals surface area contributed by atoms with Crippen molar-refractivity contribution in [1.29, 1.82) is 0 Å². The lowest BCUT2D eigenvalue weighted by Crippen LogP contribution is -2.42. The van der Waals surface area contributed by atoms with Gasteiger partial charge in [-0.25, -0.2) is 9.18 Å². The number of hydrazine groups is 1. The Bertz CT molecular complexity index is 1650. The number of hydrogen-bond donors (Lipinski definition) is 4. The second kappa shape index (κ2) is 12.7. The first-order chi connectivity index (χ1) is 19.9. The van der Waals surface area contributed by atoms with E-state index in [0.717, 1.165) is 30.3 Å². The number of carbonyl (C=O) groups excluding carboxylic acids is 3. The first kappa shape index (κ1) is 30.1. The van der Waals surface area contributed by atoms with E-state index < -0.39 is 40.4 Å². The molecule has 42 heavy (non-hydrogen) atoms. The van der Waals surface area contributed by atoms with Gasteiger partial charge >= 0.3 is 12.2 Å². The molecule has 4 N–H and O–H groups in total. The summed E-state index contributed by atoms with van der Waals surface area (Å²) in [6.45, 7) is 0. The first-order valence-electron chi connectivity index (χ1n) is 11.6. The summed E-state index contributed by atoms with van der Waals surface area (Å²) in [7, 11) is 0. The van der Waals surface area contributed by atoms with Gasteiger partial charge in [0, 0.05) is 23.6 Å². The molecule has 4 aromatic rings. The molecule has 216 valence electrons. The van der Waals surface area contributed by atoms with Crippen molar-refractivity contribution in [2.45, 2.75) is 6.18 Å². The third kappa shape index (κ3) is 7.86. The van der Waals surface area contributed by atoms with Gasteiger partial charge in [-0.15, -0.1) is 0 Å². The number of anilines is 2. The molecule has 4 amide bonds. The summed E-state index contributed by atoms with van der Waals surface area (Å²) in [4.78, 5) is 40.8. The normalized spacial score (nSPS) is 10.9. The fraction of sp³-hybridized carbons (Fsp3) is 0.0370. The summed E-state index contributed by atoms with van der Waals surface area (Å²) in [5, 5.41) is 4.14. The van der Waals surface area contributed by atoms with Crippen LogP contribution in [-0.4, -0.2) is 22.8 Å². The molecule has 0 atom stereocenters. The Balaban J connectivity index is 1.32. The Morgan fingerprint density at radius 1 is 0.738 bits per heavy atom. The molecule has 0 spiro atoms. The van der Waals surface area contributed by atoms with E-state index in [1.165, 1.54) is 48.7 Å². The van der Waals surface area contributed by atoms with Crippen molar-refractivity contribution in [2.24, 2.45) is 0 Å². The van der Waals surface area contributed by atoms with Crippen molar-refractivity contribution >= 4 is 52.4 Å². The fourth-order valence-corrected chi connectivity index (χ4v) is 3.85. The zero-order chi connectivity index (χ0) is 30.4. The highest BCUT2D eigenvalue weighted by Gasteiger charge is 2.33. The van der Waals surface area contributed by atoms with E-state index in [1.807, 2.05) is 0 Å². The molecule has 0 bridgehead atoms. The van der Waals surface area contributed by atoms with Crippen LogP contribution in [0.4, 0.5) is 33.7 Å². The molecular weight excluding hydrogens is 605 g/mol. The minimum absolute atomic E-state index is 0.0561. The van der Waals surface area contributed by atoms with Gasteiger partial charge in [0.2, 0.25) is 0 Å². The number of carbonyl (C=O) groups is 3. The minimum Gasteiger partial charge on any atom is -0.457 e. The molecule has 0 aliphatic carbocycles. The molecule has 9 nitrogen and oxygen atoms in total. The van der Waals surface area contributed by atoms with Crippen LogP contribution in [0.25, 0.3) is 0 Å². The van der Waals surface area contributed by atoms with Gasteiger partial charge in [0.05, 0.1) is 21.2 Å². The van der Waals surface area contributed by atoms with Crippen molar-refractivity contribution in [3.05, 3.63) is 112 Å². The number of hydrogen-bond acceptors (Lipinski definition) is 5. The smallest absolute Gasteiger partial charge is 0.417 e. The summed E-state index contributed by atoms with van der Waals surface area (Å²) in [6.07, 6.45) is -3.39. The van der Waals surface area contributed by atoms with Crippen LogP contribution in [0, 0.1) is 5.82 Å². The summed E-state index contributed by atoms with van der Waals surface area (Å²) < 4.78 is 58.0. The Morgan fingerprint density at radius 3 is 2.10 bits per heavy atom. The van der Waals surface area contributed by atoms with E-state index in [9.17, 15) is 31.9 Å². The minimum atomic E-state index is -4.68. The number of benzene rings is 3. The molecule has 0 saturated heterocycles. The van der Waals surface area contributed by atoms with Crippen LogP contribution in [0.1, 0.15) is 26.4 Å². The van der Waals surface area contributed by atoms with Gasteiger partial charge in [0.25, 0.3) is 11.8 Å². The maximum atomic E-state index is 13.2. The number of halogens is 6. The van der Waals surface area contributed by atoms with Crippen LogP contribution < -0.4 is 26.2 Å². The van der Waals surface area contributed by atoms with E-state index in [1.54, 1.807) is 0 Å². The molecule has 0 aliphatic heterocycles. The molecule has 0 fully saturated rings. The van der Waals surface area contributed by atoms with Crippen LogP contribution in [0.5, 0.6) is 11.5 Å². The monoisotopic (exact) mass is 621 g/mol. The number of nitrogens with one attached hydrogen (secondary N) is 4. The topological polar surface area (TPSA) is 121 Å². The van der Waals surface area contributed by atoms with Crippen molar-refractivity contribution < 1.29 is 36.7 Å². The van der Waals surface area contributed by atoms with Gasteiger partial charge in [-0.3, -0.25) is 25.4 Å². The van der Waals surface area contributed by atoms with Crippen molar-refractivity contribution in [3.63, 3.8) is 0 Å². The summed E-state index contributed by atoms with van der Waals surface area (Å²) >= 11 is 11.4. The van der Waals surface area contributed by atoms with Crippen LogP contribution >= 0.6 is 23.2 Å². The predicted octanol–water partition coefficient (Wildman–Crippen LogP) is 7.06. The third-order valence-corrected chi connectivity index (χ3v) is 5.95. The van der Waals surface area contributed by atoms with E-state index >= 15 is 0 Å². The quantitative estimate of drug-likeness (QED) is 0.136. The molecular formula is C27H17Cl2F4N5O4. The second-order valence-electron chi connectivity index (χ2n) is 8.31. The molecule has 0 unspecified atom stereocenters. The number of amides is 4. The number of rotatable bonds is 6. The van der Waals surface area contributed by atoms with Crippen LogP contribution in [0.15, 0.2) is 79.0 Å². The summed E-state index contributed by atoms with van der Waals surface area (Å²) in [5.41, 5.74) is 3.27. The number of aromatic nitrogens is 1. The lowest BCUT2D eigenvalue weighted by molar-refractivity contribution is -0.137. The highest BCUT2D eigenvalue weighted by molar-refractivity contribution is 6.33. The molecule has 3 aromatic carbocycles. The standard InChI is InChI=1S/C27H17Cl2F4N5O4/c28-21-8-4-16(12-20(21)27(31,32)33)36-26(41)35-15-2-5-17(6-3-15)42-18-9-10-34-23(13-18)25(40)38-37-24(39)19-7-1-14(30)11-22(19)29/h1-13H,(H,37,39)(H,38,40)(H2,35,36,41). The van der Waals surface area contributed by atoms with Crippen LogP contribution in [0.2, 0.25) is 10.0 Å². The average Bonchev–Trinajstić information content (AvgIpc) is 2.93. The van der Waals surface area contributed by atoms with Gasteiger partial charge in [0.1, 0.15) is 23.0 Å². The van der Waals surface area contributed by atoms with Crippen LogP contribution in [0.3, 0.4) is 0 Å². The largest absolute Gasteiger partial charge is 0.457 e. The molecule has 0 aliphatic rings. The maximum Gasteiger partial charge on any atom is 0.417 e. The number of alkyl halides is 3. The van der Waals surface area contributed by atoms with Crippen LogP contribution in [-0.2, 0) is 6.18 Å². The fourth-order valence-electron chi connectivity index (χ4n) is 3.37. The number of ether oxygens (including phenoxy) is 1. The highest BCUT2D eigenvalue weighted by Crippen LogP contribution is 2.36. The zero-order valence-electron chi connectivity index (χ0n) is 20.9. The Morgan fingerprint density at radius 2 is 1.40 bits per heavy atom. The number of urea groups is 1. The Labute approximate surface area is 244 Å². The average molecular weight is 622 g/mol. The number of pyridine rings is 1. The molecule has 4 rings (SSSR count).